The maximum absolute atomic E-state index is 12.7. The molecule has 0 bridgehead atoms. The molecule has 1 unspecified atom stereocenters. The van der Waals surface area contributed by atoms with Gasteiger partial charge in [-0.25, -0.2) is 9.18 Å². The van der Waals surface area contributed by atoms with E-state index in [2.05, 4.69) is 0 Å². The molecule has 0 aliphatic carbocycles. The Kier molecular flexibility index (Phi) is 2.79. The molecule has 0 saturated heterocycles. The second-order valence-corrected chi connectivity index (χ2v) is 2.57. The van der Waals surface area contributed by atoms with Gasteiger partial charge < -0.3 is 10.2 Å². The zero-order chi connectivity index (χ0) is 10.7. The number of carboxylic acids is 1. The van der Waals surface area contributed by atoms with Gasteiger partial charge in [0.25, 0.3) is 0 Å². The monoisotopic (exact) mass is 195 g/mol. The molecule has 0 radical (unpaired) electrons. The molecule has 4 nitrogen and oxygen atoms in total. The summed E-state index contributed by atoms with van der Waals surface area (Å²) in [5, 5.41) is 26.1. The highest BCUT2D eigenvalue weighted by molar-refractivity contribution is 5.89. The Balaban J connectivity index is 3.31. The fourth-order valence-corrected chi connectivity index (χ4v) is 1.02. The summed E-state index contributed by atoms with van der Waals surface area (Å²) in [7, 11) is 0. The highest BCUT2D eigenvalue weighted by Gasteiger charge is 2.16. The smallest absolute Gasteiger partial charge is 0.336 e. The Bertz CT molecular complexity index is 411. The zero-order valence-electron chi connectivity index (χ0n) is 6.94. The minimum absolute atomic E-state index is 0.236. The van der Waals surface area contributed by atoms with Crippen molar-refractivity contribution in [3.63, 3.8) is 0 Å². The van der Waals surface area contributed by atoms with E-state index < -0.39 is 17.9 Å². The number of hydrogen-bond donors (Lipinski definition) is 2. The summed E-state index contributed by atoms with van der Waals surface area (Å²) >= 11 is 0. The number of halogens is 1. The molecule has 0 aliphatic rings. The number of nitrogens with zero attached hydrogens (tertiary/aromatic N) is 1. The van der Waals surface area contributed by atoms with Gasteiger partial charge in [0.05, 0.1) is 11.6 Å². The summed E-state index contributed by atoms with van der Waals surface area (Å²) in [6, 6.07) is 4.22. The van der Waals surface area contributed by atoms with E-state index in [-0.39, 0.29) is 11.1 Å². The molecule has 0 spiro atoms. The maximum Gasteiger partial charge on any atom is 0.336 e. The van der Waals surface area contributed by atoms with Crippen molar-refractivity contribution in [1.82, 2.24) is 0 Å². The van der Waals surface area contributed by atoms with Crippen LogP contribution in [-0.4, -0.2) is 16.2 Å². The minimum atomic E-state index is -1.63. The van der Waals surface area contributed by atoms with Crippen LogP contribution >= 0.6 is 0 Å². The topological polar surface area (TPSA) is 81.3 Å². The number of aromatic carboxylic acids is 1. The Labute approximate surface area is 78.8 Å². The van der Waals surface area contributed by atoms with E-state index in [9.17, 15) is 9.18 Å². The van der Waals surface area contributed by atoms with Gasteiger partial charge in [-0.3, -0.25) is 0 Å². The summed E-state index contributed by atoms with van der Waals surface area (Å²) in [5.74, 6) is -2.01. The molecule has 0 aromatic heterocycles. The number of carboxylic acid groups (broad SMARTS) is 1. The van der Waals surface area contributed by atoms with Crippen molar-refractivity contribution in [1.29, 1.82) is 5.26 Å². The highest BCUT2D eigenvalue weighted by Crippen LogP contribution is 2.18. The van der Waals surface area contributed by atoms with Gasteiger partial charge in [-0.05, 0) is 18.2 Å². The van der Waals surface area contributed by atoms with Crippen LogP contribution in [0.3, 0.4) is 0 Å². The van der Waals surface area contributed by atoms with Gasteiger partial charge in [-0.2, -0.15) is 5.26 Å². The summed E-state index contributed by atoms with van der Waals surface area (Å²) < 4.78 is 12.7. The fourth-order valence-electron chi connectivity index (χ4n) is 1.02. The quantitative estimate of drug-likeness (QED) is 0.692. The lowest BCUT2D eigenvalue weighted by Gasteiger charge is -2.06. The van der Waals surface area contributed by atoms with Crippen LogP contribution in [0, 0.1) is 17.1 Å². The molecule has 1 aromatic carbocycles. The number of aliphatic hydroxyl groups excluding tert-OH is 1. The van der Waals surface area contributed by atoms with Gasteiger partial charge in [0, 0.05) is 5.56 Å². The van der Waals surface area contributed by atoms with Gasteiger partial charge in [0.15, 0.2) is 6.10 Å². The van der Waals surface area contributed by atoms with Gasteiger partial charge in [-0.1, -0.05) is 0 Å². The molecule has 5 heteroatoms. The normalized spacial score (nSPS) is 11.8. The number of hydrogen-bond acceptors (Lipinski definition) is 3. The molecular formula is C9H6FNO3. The molecule has 1 rings (SSSR count). The van der Waals surface area contributed by atoms with Gasteiger partial charge >= 0.3 is 5.97 Å². The van der Waals surface area contributed by atoms with Crippen molar-refractivity contribution in [3.05, 3.63) is 35.1 Å². The van der Waals surface area contributed by atoms with Gasteiger partial charge in [0.2, 0.25) is 0 Å². The van der Waals surface area contributed by atoms with Crippen LogP contribution in [0.2, 0.25) is 0 Å². The number of rotatable bonds is 2. The van der Waals surface area contributed by atoms with E-state index in [1.165, 1.54) is 6.07 Å². The number of nitriles is 1. The van der Waals surface area contributed by atoms with E-state index in [1.54, 1.807) is 0 Å². The minimum Gasteiger partial charge on any atom is -0.478 e. The van der Waals surface area contributed by atoms with Crippen LogP contribution in [0.15, 0.2) is 18.2 Å². The predicted molar refractivity (Wildman–Crippen MR) is 43.9 cm³/mol. The SMILES string of the molecule is N#CC(O)c1cc(F)ccc1C(=O)O. The van der Waals surface area contributed by atoms with Crippen LogP contribution < -0.4 is 0 Å². The van der Waals surface area contributed by atoms with E-state index in [1.807, 2.05) is 0 Å². The molecular weight excluding hydrogens is 189 g/mol. The van der Waals surface area contributed by atoms with E-state index in [0.29, 0.717) is 0 Å². The third kappa shape index (κ3) is 1.87. The molecule has 72 valence electrons. The first kappa shape index (κ1) is 10.2. The average molecular weight is 195 g/mol. The van der Waals surface area contributed by atoms with Gasteiger partial charge in [-0.15, -0.1) is 0 Å². The van der Waals surface area contributed by atoms with E-state index >= 15 is 0 Å². The van der Waals surface area contributed by atoms with Crippen LogP contribution in [0.25, 0.3) is 0 Å². The predicted octanol–water partition coefficient (Wildman–Crippen LogP) is 1.08. The summed E-state index contributed by atoms with van der Waals surface area (Å²) in [6.45, 7) is 0. The fraction of sp³-hybridized carbons (Fsp3) is 0.111. The van der Waals surface area contributed by atoms with E-state index in [4.69, 9.17) is 15.5 Å². The lowest BCUT2D eigenvalue weighted by molar-refractivity contribution is 0.0692. The van der Waals surface area contributed by atoms with Crippen LogP contribution in [-0.2, 0) is 0 Å². The number of benzene rings is 1. The second-order valence-electron chi connectivity index (χ2n) is 2.57. The molecule has 0 fully saturated rings. The third-order valence-corrected chi connectivity index (χ3v) is 1.66. The largest absolute Gasteiger partial charge is 0.478 e. The summed E-state index contributed by atoms with van der Waals surface area (Å²) in [6.07, 6.45) is -1.63. The maximum atomic E-state index is 12.7. The molecule has 2 N–H and O–H groups in total. The average Bonchev–Trinajstić information content (AvgIpc) is 2.16. The lowest BCUT2D eigenvalue weighted by Crippen LogP contribution is -2.06. The number of carbonyl (C=O) groups is 1. The highest BCUT2D eigenvalue weighted by atomic mass is 19.1. The molecule has 0 saturated carbocycles. The Morgan fingerprint density at radius 3 is 2.71 bits per heavy atom. The Morgan fingerprint density at radius 2 is 2.21 bits per heavy atom. The molecule has 14 heavy (non-hydrogen) atoms. The molecule has 0 aliphatic heterocycles. The summed E-state index contributed by atoms with van der Waals surface area (Å²) in [4.78, 5) is 10.6. The second kappa shape index (κ2) is 3.85. The molecule has 1 atom stereocenters. The van der Waals surface area contributed by atoms with Gasteiger partial charge in [0.1, 0.15) is 5.82 Å². The summed E-state index contributed by atoms with van der Waals surface area (Å²) in [5.41, 5.74) is -0.513. The zero-order valence-corrected chi connectivity index (χ0v) is 6.94. The molecule has 1 aromatic rings. The van der Waals surface area contributed by atoms with Crippen molar-refractivity contribution in [2.75, 3.05) is 0 Å². The molecule has 0 amide bonds. The van der Waals surface area contributed by atoms with Crippen molar-refractivity contribution in [2.45, 2.75) is 6.10 Å². The first-order chi connectivity index (χ1) is 6.56. The Morgan fingerprint density at radius 1 is 1.57 bits per heavy atom. The first-order valence-electron chi connectivity index (χ1n) is 3.66. The first-order valence-corrected chi connectivity index (χ1v) is 3.66. The standard InChI is InChI=1S/C9H6FNO3/c10-5-1-2-6(9(13)14)7(3-5)8(12)4-11/h1-3,8,12H,(H,13,14). The van der Waals surface area contributed by atoms with Crippen LogP contribution in [0.5, 0.6) is 0 Å². The van der Waals surface area contributed by atoms with Crippen molar-refractivity contribution in [3.8, 4) is 6.07 Å². The van der Waals surface area contributed by atoms with Crippen molar-refractivity contribution < 1.29 is 19.4 Å². The number of aliphatic hydroxyl groups is 1. The van der Waals surface area contributed by atoms with Crippen molar-refractivity contribution in [2.24, 2.45) is 0 Å². The lowest BCUT2D eigenvalue weighted by atomic mass is 10.0. The third-order valence-electron chi connectivity index (χ3n) is 1.66. The van der Waals surface area contributed by atoms with Crippen LogP contribution in [0.1, 0.15) is 22.0 Å². The van der Waals surface area contributed by atoms with Crippen molar-refractivity contribution >= 4 is 5.97 Å². The molecule has 0 heterocycles. The van der Waals surface area contributed by atoms with Crippen LogP contribution in [0.4, 0.5) is 4.39 Å². The Hall–Kier alpha value is -1.93. The van der Waals surface area contributed by atoms with E-state index in [0.717, 1.165) is 18.2 Å².